The minimum Gasteiger partial charge on any atom is -0.456 e. The summed E-state index contributed by atoms with van der Waals surface area (Å²) in [7, 11) is 2.54. The molecule has 0 aliphatic heterocycles. The molecule has 2 aromatic heterocycles. The van der Waals surface area contributed by atoms with Crippen molar-refractivity contribution in [3.63, 3.8) is 0 Å². The number of anilines is 1. The van der Waals surface area contributed by atoms with Crippen molar-refractivity contribution in [3.05, 3.63) is 56.7 Å². The maximum absolute atomic E-state index is 12.3. The van der Waals surface area contributed by atoms with Gasteiger partial charge in [0.15, 0.2) is 13.2 Å². The van der Waals surface area contributed by atoms with Gasteiger partial charge >= 0.3 is 11.7 Å². The summed E-state index contributed by atoms with van der Waals surface area (Å²) in [6.07, 6.45) is 0. The maximum Gasteiger partial charge on any atom is 0.332 e. The summed E-state index contributed by atoms with van der Waals surface area (Å²) in [5.74, 6) is -1.61. The van der Waals surface area contributed by atoms with Crippen molar-refractivity contribution in [3.8, 4) is 11.4 Å². The molecular weight excluding hydrogens is 382 g/mol. The molecule has 1 aromatic carbocycles. The van der Waals surface area contributed by atoms with Crippen molar-refractivity contribution >= 4 is 17.6 Å². The fraction of sp³-hybridized carbons (Fsp3) is 0.235. The van der Waals surface area contributed by atoms with E-state index in [1.807, 2.05) is 18.2 Å². The summed E-state index contributed by atoms with van der Waals surface area (Å²) in [6, 6.07) is 9.04. The van der Waals surface area contributed by atoms with Crippen molar-refractivity contribution in [1.82, 2.24) is 29.3 Å². The van der Waals surface area contributed by atoms with E-state index in [0.717, 1.165) is 19.5 Å². The van der Waals surface area contributed by atoms with Crippen LogP contribution in [0.5, 0.6) is 0 Å². The average Bonchev–Trinajstić information content (AvgIpc) is 3.18. The van der Waals surface area contributed by atoms with Gasteiger partial charge in [0.25, 0.3) is 5.56 Å². The predicted octanol–water partition coefficient (Wildman–Crippen LogP) is -1.25. The number of esters is 1. The molecule has 0 spiro atoms. The maximum atomic E-state index is 12.3. The number of carbonyl (C=O) groups excluding carboxylic acids is 2. The first-order valence-corrected chi connectivity index (χ1v) is 8.37. The monoisotopic (exact) mass is 399 g/mol. The minimum atomic E-state index is -0.864. The van der Waals surface area contributed by atoms with Gasteiger partial charge in [-0.1, -0.05) is 30.3 Å². The van der Waals surface area contributed by atoms with Crippen LogP contribution >= 0.6 is 0 Å². The molecule has 0 unspecified atom stereocenters. The van der Waals surface area contributed by atoms with Gasteiger partial charge in [-0.05, 0) is 5.21 Å². The highest BCUT2D eigenvalue weighted by atomic mass is 16.5. The summed E-state index contributed by atoms with van der Waals surface area (Å²) >= 11 is 0. The Morgan fingerprint density at radius 3 is 2.48 bits per heavy atom. The molecule has 0 radical (unpaired) electrons. The zero-order chi connectivity index (χ0) is 21.1. The second kappa shape index (κ2) is 7.88. The van der Waals surface area contributed by atoms with Crippen LogP contribution < -0.4 is 17.0 Å². The zero-order valence-corrected chi connectivity index (χ0v) is 15.6. The molecule has 0 saturated heterocycles. The fourth-order valence-electron chi connectivity index (χ4n) is 2.51. The Balaban J connectivity index is 1.66. The van der Waals surface area contributed by atoms with Crippen molar-refractivity contribution in [2.75, 3.05) is 12.3 Å². The SMILES string of the molecule is Cn1c(N)c(C(=O)COC(=O)Cn2nnc(-c3ccccc3)n2)c(=O)n(C)c1=O. The molecule has 0 amide bonds. The first kappa shape index (κ1) is 19.7. The van der Waals surface area contributed by atoms with E-state index in [1.54, 1.807) is 12.1 Å². The number of tetrazole rings is 1. The van der Waals surface area contributed by atoms with Crippen LogP contribution in [0.2, 0.25) is 0 Å². The van der Waals surface area contributed by atoms with Crippen molar-refractivity contribution in [2.45, 2.75) is 6.54 Å². The number of nitrogens with zero attached hydrogens (tertiary/aromatic N) is 6. The lowest BCUT2D eigenvalue weighted by molar-refractivity contribution is -0.143. The van der Waals surface area contributed by atoms with Crippen molar-refractivity contribution in [1.29, 1.82) is 0 Å². The lowest BCUT2D eigenvalue weighted by Crippen LogP contribution is -2.42. The number of hydrogen-bond donors (Lipinski definition) is 1. The number of ether oxygens (including phenoxy) is 1. The molecule has 29 heavy (non-hydrogen) atoms. The summed E-state index contributed by atoms with van der Waals surface area (Å²) < 4.78 is 6.59. The highest BCUT2D eigenvalue weighted by Crippen LogP contribution is 2.11. The third-order valence-corrected chi connectivity index (χ3v) is 4.11. The number of benzene rings is 1. The molecule has 0 saturated carbocycles. The fourth-order valence-corrected chi connectivity index (χ4v) is 2.51. The topological polar surface area (TPSA) is 157 Å². The Morgan fingerprint density at radius 1 is 1.10 bits per heavy atom. The van der Waals surface area contributed by atoms with Gasteiger partial charge in [0.1, 0.15) is 11.4 Å². The molecule has 3 rings (SSSR count). The van der Waals surface area contributed by atoms with Crippen LogP contribution in [0.4, 0.5) is 5.82 Å². The molecule has 0 aliphatic carbocycles. The van der Waals surface area contributed by atoms with Gasteiger partial charge in [0.2, 0.25) is 11.6 Å². The van der Waals surface area contributed by atoms with E-state index in [0.29, 0.717) is 5.82 Å². The molecule has 12 heteroatoms. The Morgan fingerprint density at radius 2 is 1.79 bits per heavy atom. The zero-order valence-electron chi connectivity index (χ0n) is 15.6. The molecule has 0 atom stereocenters. The van der Waals surface area contributed by atoms with Crippen LogP contribution in [0.1, 0.15) is 10.4 Å². The van der Waals surface area contributed by atoms with Gasteiger partial charge in [0.05, 0.1) is 0 Å². The summed E-state index contributed by atoms with van der Waals surface area (Å²) in [5.41, 5.74) is 4.46. The van der Waals surface area contributed by atoms with Crippen LogP contribution in [0.15, 0.2) is 39.9 Å². The first-order valence-electron chi connectivity index (χ1n) is 8.37. The lowest BCUT2D eigenvalue weighted by Gasteiger charge is -2.10. The Labute approximate surface area is 163 Å². The van der Waals surface area contributed by atoms with E-state index in [-0.39, 0.29) is 12.4 Å². The van der Waals surface area contributed by atoms with E-state index >= 15 is 0 Å². The van der Waals surface area contributed by atoms with E-state index < -0.39 is 35.2 Å². The number of carbonyl (C=O) groups is 2. The van der Waals surface area contributed by atoms with Gasteiger partial charge in [-0.15, -0.1) is 10.2 Å². The number of hydrogen-bond acceptors (Lipinski definition) is 9. The molecular formula is C17H17N7O5. The summed E-state index contributed by atoms with van der Waals surface area (Å²) in [5, 5.41) is 11.7. The van der Waals surface area contributed by atoms with E-state index in [1.165, 1.54) is 14.1 Å². The van der Waals surface area contributed by atoms with E-state index in [4.69, 9.17) is 10.5 Å². The minimum absolute atomic E-state index is 0.301. The molecule has 0 fully saturated rings. The average molecular weight is 399 g/mol. The number of nitrogens with two attached hydrogens (primary N) is 1. The number of nitrogen functional groups attached to an aromatic ring is 1. The number of ketones is 1. The molecule has 0 bridgehead atoms. The normalized spacial score (nSPS) is 10.7. The van der Waals surface area contributed by atoms with Crippen molar-refractivity contribution < 1.29 is 14.3 Å². The third-order valence-electron chi connectivity index (χ3n) is 4.11. The number of Topliss-reactive ketones (excluding diaryl/α,β-unsaturated/α-hetero) is 1. The lowest BCUT2D eigenvalue weighted by atomic mass is 10.2. The second-order valence-corrected chi connectivity index (χ2v) is 6.06. The quantitative estimate of drug-likeness (QED) is 0.395. The highest BCUT2D eigenvalue weighted by molar-refractivity contribution is 6.01. The third kappa shape index (κ3) is 3.95. The summed E-state index contributed by atoms with van der Waals surface area (Å²) in [4.78, 5) is 49.3. The largest absolute Gasteiger partial charge is 0.456 e. The number of aromatic nitrogens is 6. The Hall–Kier alpha value is -4.09. The van der Waals surface area contributed by atoms with E-state index in [2.05, 4.69) is 15.4 Å². The molecule has 0 aliphatic rings. The highest BCUT2D eigenvalue weighted by Gasteiger charge is 2.21. The molecule has 3 aromatic rings. The van der Waals surface area contributed by atoms with Gasteiger partial charge in [0, 0.05) is 19.7 Å². The van der Waals surface area contributed by atoms with Crippen LogP contribution in [0, 0.1) is 0 Å². The molecule has 2 heterocycles. The van der Waals surface area contributed by atoms with Crippen LogP contribution in [-0.4, -0.2) is 47.7 Å². The second-order valence-electron chi connectivity index (χ2n) is 6.06. The van der Waals surface area contributed by atoms with Crippen LogP contribution in [0.25, 0.3) is 11.4 Å². The standard InChI is InChI=1S/C17H17N7O5/c1-22-14(18)13(16(27)23(2)17(22)28)11(25)9-29-12(26)8-24-20-15(19-21-24)10-6-4-3-5-7-10/h3-7H,8-9,18H2,1-2H3. The number of rotatable bonds is 6. The van der Waals surface area contributed by atoms with Gasteiger partial charge in [-0.2, -0.15) is 4.80 Å². The van der Waals surface area contributed by atoms with E-state index in [9.17, 15) is 19.2 Å². The predicted molar refractivity (Wildman–Crippen MR) is 99.9 cm³/mol. The van der Waals surface area contributed by atoms with Gasteiger partial charge in [-0.3, -0.25) is 18.7 Å². The Bertz CT molecular complexity index is 1190. The first-order chi connectivity index (χ1) is 13.8. The van der Waals surface area contributed by atoms with Crippen LogP contribution in [0.3, 0.4) is 0 Å². The van der Waals surface area contributed by atoms with Gasteiger partial charge in [-0.25, -0.2) is 9.59 Å². The molecule has 150 valence electrons. The van der Waals surface area contributed by atoms with Gasteiger partial charge < -0.3 is 10.5 Å². The van der Waals surface area contributed by atoms with Crippen molar-refractivity contribution in [2.24, 2.45) is 14.1 Å². The Kier molecular flexibility index (Phi) is 5.34. The molecule has 12 nitrogen and oxygen atoms in total. The van der Waals surface area contributed by atoms with Crippen LogP contribution in [-0.2, 0) is 30.2 Å². The smallest absolute Gasteiger partial charge is 0.332 e. The molecule has 2 N–H and O–H groups in total. The summed E-state index contributed by atoms with van der Waals surface area (Å²) in [6.45, 7) is -1.11.